The van der Waals surface area contributed by atoms with Gasteiger partial charge in [0.15, 0.2) is 5.65 Å². The Morgan fingerprint density at radius 3 is 2.57 bits per heavy atom. The third-order valence-corrected chi connectivity index (χ3v) is 5.03. The lowest BCUT2D eigenvalue weighted by molar-refractivity contribution is -0.138. The van der Waals surface area contributed by atoms with Crippen molar-refractivity contribution in [3.05, 3.63) is 52.3 Å². The molecule has 1 saturated carbocycles. The number of alkyl halides is 3. The maximum absolute atomic E-state index is 13.2. The molecule has 1 aliphatic rings. The molecule has 1 amide bonds. The highest BCUT2D eigenvalue weighted by molar-refractivity contribution is 6.12. The number of hydrogen-bond acceptors (Lipinski definition) is 3. The van der Waals surface area contributed by atoms with Crippen LogP contribution in [0.2, 0.25) is 0 Å². The van der Waals surface area contributed by atoms with E-state index in [0.29, 0.717) is 28.2 Å². The average molecular weight is 388 g/mol. The Morgan fingerprint density at radius 1 is 1.21 bits per heavy atom. The van der Waals surface area contributed by atoms with Gasteiger partial charge >= 0.3 is 6.18 Å². The fourth-order valence-electron chi connectivity index (χ4n) is 3.44. The van der Waals surface area contributed by atoms with E-state index in [4.69, 9.17) is 0 Å². The molecule has 8 heteroatoms. The highest BCUT2D eigenvalue weighted by Crippen LogP contribution is 2.40. The Morgan fingerprint density at radius 2 is 1.93 bits per heavy atom. The first-order valence-electron chi connectivity index (χ1n) is 8.98. The summed E-state index contributed by atoms with van der Waals surface area (Å²) >= 11 is 0. The van der Waals surface area contributed by atoms with Crippen LogP contribution in [-0.2, 0) is 13.2 Å². The van der Waals surface area contributed by atoms with E-state index >= 15 is 0 Å². The predicted octanol–water partition coefficient (Wildman–Crippen LogP) is 4.73. The van der Waals surface area contributed by atoms with Crippen molar-refractivity contribution in [1.82, 2.24) is 14.8 Å². The minimum Gasteiger partial charge on any atom is -0.322 e. The lowest BCUT2D eigenvalue weighted by atomic mass is 10.1. The van der Waals surface area contributed by atoms with Crippen LogP contribution in [0.3, 0.4) is 0 Å². The third kappa shape index (κ3) is 3.23. The number of pyridine rings is 1. The second-order valence-electron chi connectivity index (χ2n) is 7.26. The van der Waals surface area contributed by atoms with Crippen LogP contribution in [0.15, 0.2) is 24.3 Å². The molecule has 146 valence electrons. The summed E-state index contributed by atoms with van der Waals surface area (Å²) in [6, 6.07) is 5.52. The van der Waals surface area contributed by atoms with Crippen LogP contribution in [-0.4, -0.2) is 20.7 Å². The number of amides is 1. The number of fused-ring (bicyclic) bond motifs is 1. The smallest absolute Gasteiger partial charge is 0.322 e. The molecule has 1 fully saturated rings. The van der Waals surface area contributed by atoms with Crippen molar-refractivity contribution in [3.8, 4) is 0 Å². The molecule has 0 saturated heterocycles. The fraction of sp³-hybridized carbons (Fsp3) is 0.350. The third-order valence-electron chi connectivity index (χ3n) is 5.03. The molecule has 0 spiro atoms. The maximum atomic E-state index is 13.2. The second kappa shape index (κ2) is 6.32. The molecule has 5 nitrogen and oxygen atoms in total. The number of hydrogen-bond donors (Lipinski definition) is 1. The SMILES string of the molecule is Cc1ccc(NC(=O)c2cc(C3CC3)nc3c2c(C)nn3C)cc1C(F)(F)F. The average Bonchev–Trinajstić information content (AvgIpc) is 3.42. The number of benzene rings is 1. The van der Waals surface area contributed by atoms with Gasteiger partial charge in [0.05, 0.1) is 22.2 Å². The maximum Gasteiger partial charge on any atom is 0.416 e. The Labute approximate surface area is 159 Å². The molecular weight excluding hydrogens is 369 g/mol. The molecule has 28 heavy (non-hydrogen) atoms. The Bertz CT molecular complexity index is 1100. The van der Waals surface area contributed by atoms with Crippen molar-refractivity contribution in [2.75, 3.05) is 5.32 Å². The summed E-state index contributed by atoms with van der Waals surface area (Å²) in [5.41, 5.74) is 1.90. The van der Waals surface area contributed by atoms with E-state index in [9.17, 15) is 18.0 Å². The van der Waals surface area contributed by atoms with Gasteiger partial charge in [0, 0.05) is 24.3 Å². The van der Waals surface area contributed by atoms with Crippen molar-refractivity contribution in [2.45, 2.75) is 38.8 Å². The number of aromatic nitrogens is 3. The summed E-state index contributed by atoms with van der Waals surface area (Å²) in [5.74, 6) is -0.148. The van der Waals surface area contributed by atoms with Crippen LogP contribution >= 0.6 is 0 Å². The molecule has 0 bridgehead atoms. The van der Waals surface area contributed by atoms with E-state index in [2.05, 4.69) is 15.4 Å². The first-order chi connectivity index (χ1) is 13.1. The molecule has 1 N–H and O–H groups in total. The van der Waals surface area contributed by atoms with Crippen molar-refractivity contribution in [2.24, 2.45) is 7.05 Å². The molecule has 0 radical (unpaired) electrons. The summed E-state index contributed by atoms with van der Waals surface area (Å²) in [6.07, 6.45) is -2.44. The van der Waals surface area contributed by atoms with Gasteiger partial charge < -0.3 is 5.32 Å². The molecule has 2 aromatic heterocycles. The van der Waals surface area contributed by atoms with Crippen molar-refractivity contribution in [1.29, 1.82) is 0 Å². The van der Waals surface area contributed by atoms with E-state index in [1.807, 2.05) is 0 Å². The Hall–Kier alpha value is -2.90. The molecular formula is C20H19F3N4O. The number of aryl methyl sites for hydroxylation is 3. The van der Waals surface area contributed by atoms with E-state index in [1.54, 1.807) is 24.7 Å². The van der Waals surface area contributed by atoms with Gasteiger partial charge in [-0.15, -0.1) is 0 Å². The number of anilines is 1. The first kappa shape index (κ1) is 18.5. The lowest BCUT2D eigenvalue weighted by Gasteiger charge is -2.13. The van der Waals surface area contributed by atoms with Crippen LogP contribution in [0.4, 0.5) is 18.9 Å². The number of rotatable bonds is 3. The van der Waals surface area contributed by atoms with Crippen LogP contribution < -0.4 is 5.32 Å². The van der Waals surface area contributed by atoms with Crippen molar-refractivity contribution >= 4 is 22.6 Å². The van der Waals surface area contributed by atoms with E-state index in [1.165, 1.54) is 19.1 Å². The van der Waals surface area contributed by atoms with E-state index in [0.717, 1.165) is 24.6 Å². The molecule has 3 aromatic rings. The zero-order valence-corrected chi connectivity index (χ0v) is 15.7. The highest BCUT2D eigenvalue weighted by atomic mass is 19.4. The van der Waals surface area contributed by atoms with Crippen molar-refractivity contribution in [3.63, 3.8) is 0 Å². The molecule has 0 atom stereocenters. The number of halogens is 3. The molecule has 0 aliphatic heterocycles. The van der Waals surface area contributed by atoms with Gasteiger partial charge in [-0.2, -0.15) is 18.3 Å². The number of carbonyl (C=O) groups excluding carboxylic acids is 1. The zero-order valence-electron chi connectivity index (χ0n) is 15.7. The molecule has 1 aliphatic carbocycles. The Kier molecular flexibility index (Phi) is 4.17. The first-order valence-corrected chi connectivity index (χ1v) is 8.98. The monoisotopic (exact) mass is 388 g/mol. The summed E-state index contributed by atoms with van der Waals surface area (Å²) in [5, 5.41) is 7.57. The quantitative estimate of drug-likeness (QED) is 0.705. The standard InChI is InChI=1S/C20H19F3N4O/c1-10-4-7-13(8-15(10)20(21,22)23)24-19(28)14-9-16(12-5-6-12)25-18-17(14)11(2)26-27(18)3/h4,7-9,12H,5-6H2,1-3H3,(H,24,28). The van der Waals surface area contributed by atoms with E-state index in [-0.39, 0.29) is 11.3 Å². The summed E-state index contributed by atoms with van der Waals surface area (Å²) < 4.78 is 41.1. The van der Waals surface area contributed by atoms with Crippen LogP contribution in [0.1, 0.15) is 51.6 Å². The van der Waals surface area contributed by atoms with E-state index < -0.39 is 17.6 Å². The van der Waals surface area contributed by atoms with Gasteiger partial charge in [-0.3, -0.25) is 9.48 Å². The summed E-state index contributed by atoms with van der Waals surface area (Å²) in [6.45, 7) is 3.17. The number of nitrogens with zero attached hydrogens (tertiary/aromatic N) is 3. The minimum absolute atomic E-state index is 0.0994. The normalized spacial score (nSPS) is 14.5. The lowest BCUT2D eigenvalue weighted by Crippen LogP contribution is -2.15. The van der Waals surface area contributed by atoms with Gasteiger partial charge in [-0.05, 0) is 50.5 Å². The topological polar surface area (TPSA) is 59.8 Å². The zero-order chi connectivity index (χ0) is 20.2. The molecule has 0 unspecified atom stereocenters. The van der Waals surface area contributed by atoms with Gasteiger partial charge in [-0.25, -0.2) is 4.98 Å². The van der Waals surface area contributed by atoms with Gasteiger partial charge in [0.1, 0.15) is 0 Å². The van der Waals surface area contributed by atoms with Gasteiger partial charge in [0.2, 0.25) is 0 Å². The second-order valence-corrected chi connectivity index (χ2v) is 7.26. The molecule has 2 heterocycles. The number of carbonyl (C=O) groups is 1. The minimum atomic E-state index is -4.48. The van der Waals surface area contributed by atoms with Gasteiger partial charge in [0.25, 0.3) is 5.91 Å². The van der Waals surface area contributed by atoms with Gasteiger partial charge in [-0.1, -0.05) is 6.07 Å². The fourth-order valence-corrected chi connectivity index (χ4v) is 3.44. The Balaban J connectivity index is 1.76. The number of nitrogens with one attached hydrogen (secondary N) is 1. The predicted molar refractivity (Wildman–Crippen MR) is 99.4 cm³/mol. The van der Waals surface area contributed by atoms with Crippen LogP contribution in [0.5, 0.6) is 0 Å². The largest absolute Gasteiger partial charge is 0.416 e. The van der Waals surface area contributed by atoms with Crippen LogP contribution in [0.25, 0.3) is 11.0 Å². The molecule has 4 rings (SSSR count). The highest BCUT2D eigenvalue weighted by Gasteiger charge is 2.33. The summed E-state index contributed by atoms with van der Waals surface area (Å²) in [4.78, 5) is 17.6. The summed E-state index contributed by atoms with van der Waals surface area (Å²) in [7, 11) is 1.76. The van der Waals surface area contributed by atoms with Crippen LogP contribution in [0, 0.1) is 13.8 Å². The molecule has 1 aromatic carbocycles. The van der Waals surface area contributed by atoms with Crippen molar-refractivity contribution < 1.29 is 18.0 Å².